The first-order valence-corrected chi connectivity index (χ1v) is 3.03. The third kappa shape index (κ3) is 1.68. The molecule has 1 fully saturated rings. The maximum Gasteiger partial charge on any atom is 0.320 e. The normalized spacial score (nSPS) is 25.3. The zero-order chi connectivity index (χ0) is 6.91. The second-order valence-corrected chi connectivity index (χ2v) is 2.84. The fourth-order valence-corrected chi connectivity index (χ4v) is 0.846. The molecule has 1 rings (SSSR count). The van der Waals surface area contributed by atoms with E-state index >= 15 is 0 Å². The predicted octanol–water partition coefficient (Wildman–Crippen LogP) is -0.0886. The van der Waals surface area contributed by atoms with Gasteiger partial charge in [-0.15, -0.1) is 0 Å². The summed E-state index contributed by atoms with van der Waals surface area (Å²) in [6, 6.07) is 0. The molecular weight excluding hydrogens is 118 g/mol. The van der Waals surface area contributed by atoms with Gasteiger partial charge in [0.15, 0.2) is 0 Å². The molecule has 1 aliphatic heterocycles. The van der Waals surface area contributed by atoms with Gasteiger partial charge in [0.05, 0.1) is 6.54 Å². The Hall–Kier alpha value is -0.570. The van der Waals surface area contributed by atoms with Crippen molar-refractivity contribution in [3.63, 3.8) is 0 Å². The van der Waals surface area contributed by atoms with E-state index in [0.29, 0.717) is 6.54 Å². The highest BCUT2D eigenvalue weighted by Gasteiger charge is 2.26. The van der Waals surface area contributed by atoms with Gasteiger partial charge < -0.3 is 10.1 Å². The highest BCUT2D eigenvalue weighted by molar-refractivity contribution is 5.72. The summed E-state index contributed by atoms with van der Waals surface area (Å²) in [5.74, 6) is -0.161. The molecule has 0 unspecified atom stereocenters. The van der Waals surface area contributed by atoms with Gasteiger partial charge in [0.25, 0.3) is 0 Å². The van der Waals surface area contributed by atoms with E-state index in [4.69, 9.17) is 4.74 Å². The molecule has 52 valence electrons. The lowest BCUT2D eigenvalue weighted by molar-refractivity contribution is -0.159. The minimum atomic E-state index is -0.310. The molecule has 9 heavy (non-hydrogen) atoms. The van der Waals surface area contributed by atoms with E-state index in [1.54, 1.807) is 0 Å². The monoisotopic (exact) mass is 129 g/mol. The Kier molecular flexibility index (Phi) is 1.45. The van der Waals surface area contributed by atoms with E-state index in [9.17, 15) is 4.79 Å². The van der Waals surface area contributed by atoms with Crippen LogP contribution in [0.25, 0.3) is 0 Å². The summed E-state index contributed by atoms with van der Waals surface area (Å²) in [5, 5.41) is 2.95. The van der Waals surface area contributed by atoms with Gasteiger partial charge in [-0.25, -0.2) is 0 Å². The number of rotatable bonds is 0. The summed E-state index contributed by atoms with van der Waals surface area (Å²) in [4.78, 5) is 10.6. The van der Waals surface area contributed by atoms with E-state index < -0.39 is 0 Å². The smallest absolute Gasteiger partial charge is 0.320 e. The van der Waals surface area contributed by atoms with E-state index in [2.05, 4.69) is 5.32 Å². The van der Waals surface area contributed by atoms with Crippen molar-refractivity contribution in [2.24, 2.45) is 0 Å². The first-order chi connectivity index (χ1) is 4.10. The largest absolute Gasteiger partial charge is 0.457 e. The Morgan fingerprint density at radius 2 is 2.33 bits per heavy atom. The topological polar surface area (TPSA) is 38.3 Å². The predicted molar refractivity (Wildman–Crippen MR) is 33.0 cm³/mol. The van der Waals surface area contributed by atoms with Crippen molar-refractivity contribution in [1.82, 2.24) is 5.32 Å². The average Bonchev–Trinajstić information content (AvgIpc) is 1.60. The molecule has 1 heterocycles. The van der Waals surface area contributed by atoms with Crippen LogP contribution in [-0.4, -0.2) is 24.7 Å². The number of hydrogen-bond acceptors (Lipinski definition) is 3. The number of nitrogens with one attached hydrogen (secondary N) is 1. The molecule has 0 radical (unpaired) electrons. The van der Waals surface area contributed by atoms with Gasteiger partial charge >= 0.3 is 5.97 Å². The molecule has 0 spiro atoms. The zero-order valence-electron chi connectivity index (χ0n) is 5.73. The zero-order valence-corrected chi connectivity index (χ0v) is 5.73. The van der Waals surface area contributed by atoms with Gasteiger partial charge in [-0.05, 0) is 13.8 Å². The lowest BCUT2D eigenvalue weighted by Gasteiger charge is -2.29. The van der Waals surface area contributed by atoms with Crippen LogP contribution in [0.15, 0.2) is 0 Å². The lowest BCUT2D eigenvalue weighted by Crippen LogP contribution is -2.48. The fourth-order valence-electron chi connectivity index (χ4n) is 0.846. The van der Waals surface area contributed by atoms with Crippen LogP contribution in [-0.2, 0) is 9.53 Å². The second kappa shape index (κ2) is 1.99. The number of morpholine rings is 1. The minimum Gasteiger partial charge on any atom is -0.457 e. The SMILES string of the molecule is CC1(C)CNCC(=O)O1. The lowest BCUT2D eigenvalue weighted by atomic mass is 10.1. The van der Waals surface area contributed by atoms with Gasteiger partial charge in [-0.1, -0.05) is 0 Å². The van der Waals surface area contributed by atoms with Crippen LogP contribution in [0.2, 0.25) is 0 Å². The van der Waals surface area contributed by atoms with Crippen LogP contribution in [0, 0.1) is 0 Å². The number of esters is 1. The van der Waals surface area contributed by atoms with E-state index in [1.807, 2.05) is 13.8 Å². The number of carbonyl (C=O) groups excluding carboxylic acids is 1. The molecular formula is C6H11NO2. The van der Waals surface area contributed by atoms with Crippen molar-refractivity contribution in [3.05, 3.63) is 0 Å². The highest BCUT2D eigenvalue weighted by atomic mass is 16.6. The molecule has 1 N–H and O–H groups in total. The summed E-state index contributed by atoms with van der Waals surface area (Å²) in [7, 11) is 0. The number of carbonyl (C=O) groups is 1. The Bertz CT molecular complexity index is 131. The van der Waals surface area contributed by atoms with Crippen molar-refractivity contribution >= 4 is 5.97 Å². The maximum absolute atomic E-state index is 10.6. The molecule has 0 bridgehead atoms. The van der Waals surface area contributed by atoms with Gasteiger partial charge in [-0.3, -0.25) is 4.79 Å². The Morgan fingerprint density at radius 1 is 1.67 bits per heavy atom. The Balaban J connectivity index is 2.51. The van der Waals surface area contributed by atoms with Crippen molar-refractivity contribution in [1.29, 1.82) is 0 Å². The van der Waals surface area contributed by atoms with Crippen LogP contribution in [0.4, 0.5) is 0 Å². The molecule has 0 aromatic rings. The van der Waals surface area contributed by atoms with Crippen LogP contribution < -0.4 is 5.32 Å². The first kappa shape index (κ1) is 6.55. The fraction of sp³-hybridized carbons (Fsp3) is 0.833. The van der Waals surface area contributed by atoms with Crippen LogP contribution in [0.5, 0.6) is 0 Å². The van der Waals surface area contributed by atoms with Crippen LogP contribution in [0.3, 0.4) is 0 Å². The van der Waals surface area contributed by atoms with Gasteiger partial charge in [-0.2, -0.15) is 0 Å². The average molecular weight is 129 g/mol. The third-order valence-corrected chi connectivity index (χ3v) is 1.21. The van der Waals surface area contributed by atoms with Crippen LogP contribution in [0.1, 0.15) is 13.8 Å². The molecule has 0 amide bonds. The summed E-state index contributed by atoms with van der Waals surface area (Å²) < 4.78 is 4.97. The van der Waals surface area contributed by atoms with E-state index in [0.717, 1.165) is 6.54 Å². The minimum absolute atomic E-state index is 0.161. The summed E-state index contributed by atoms with van der Waals surface area (Å²) in [6.07, 6.45) is 0. The maximum atomic E-state index is 10.6. The molecule has 0 aromatic heterocycles. The molecule has 3 heteroatoms. The van der Waals surface area contributed by atoms with E-state index in [-0.39, 0.29) is 11.6 Å². The second-order valence-electron chi connectivity index (χ2n) is 2.84. The molecule has 1 saturated heterocycles. The van der Waals surface area contributed by atoms with Gasteiger partial charge in [0.2, 0.25) is 0 Å². The number of cyclic esters (lactones) is 1. The first-order valence-electron chi connectivity index (χ1n) is 3.03. The molecule has 0 aromatic carbocycles. The molecule has 0 atom stereocenters. The third-order valence-electron chi connectivity index (χ3n) is 1.21. The van der Waals surface area contributed by atoms with Crippen molar-refractivity contribution in [2.45, 2.75) is 19.4 Å². The molecule has 1 aliphatic rings. The molecule has 3 nitrogen and oxygen atoms in total. The summed E-state index contributed by atoms with van der Waals surface area (Å²) in [6.45, 7) is 4.87. The Morgan fingerprint density at radius 3 is 2.67 bits per heavy atom. The van der Waals surface area contributed by atoms with Gasteiger partial charge in [0, 0.05) is 6.54 Å². The van der Waals surface area contributed by atoms with Crippen LogP contribution >= 0.6 is 0 Å². The number of ether oxygens (including phenoxy) is 1. The quantitative estimate of drug-likeness (QED) is 0.464. The van der Waals surface area contributed by atoms with Crippen molar-refractivity contribution in [2.75, 3.05) is 13.1 Å². The van der Waals surface area contributed by atoms with Crippen molar-refractivity contribution < 1.29 is 9.53 Å². The summed E-state index contributed by atoms with van der Waals surface area (Å²) >= 11 is 0. The molecule has 0 aliphatic carbocycles. The Labute approximate surface area is 54.4 Å². The van der Waals surface area contributed by atoms with Gasteiger partial charge in [0.1, 0.15) is 5.60 Å². The molecule has 0 saturated carbocycles. The standard InChI is InChI=1S/C6H11NO2/c1-6(2)4-7-3-5(8)9-6/h7H,3-4H2,1-2H3. The highest BCUT2D eigenvalue weighted by Crippen LogP contribution is 2.10. The summed E-state index contributed by atoms with van der Waals surface area (Å²) in [5.41, 5.74) is -0.310. The number of hydrogen-bond donors (Lipinski definition) is 1. The van der Waals surface area contributed by atoms with Crippen molar-refractivity contribution in [3.8, 4) is 0 Å². The van der Waals surface area contributed by atoms with E-state index in [1.165, 1.54) is 0 Å².